The van der Waals surface area contributed by atoms with Gasteiger partial charge in [0.15, 0.2) is 12.6 Å². The molecule has 0 aromatic carbocycles. The summed E-state index contributed by atoms with van der Waals surface area (Å²) in [6.07, 6.45) is -3.52. The lowest BCUT2D eigenvalue weighted by atomic mass is 9.94. The van der Waals surface area contributed by atoms with E-state index in [-0.39, 0.29) is 31.9 Å². The smallest absolute Gasteiger partial charge is 0.334 e. The van der Waals surface area contributed by atoms with E-state index in [2.05, 4.69) is 6.08 Å². The zero-order valence-corrected chi connectivity index (χ0v) is 21.6. The molecule has 3 heterocycles. The molecule has 0 bridgehead atoms. The van der Waals surface area contributed by atoms with E-state index >= 15 is 0 Å². The Balaban J connectivity index is 1.38. The molecule has 9 atom stereocenters. The van der Waals surface area contributed by atoms with Gasteiger partial charge in [-0.05, 0) is 44.3 Å². The van der Waals surface area contributed by atoms with Crippen LogP contribution in [0.15, 0.2) is 34.4 Å². The van der Waals surface area contributed by atoms with Gasteiger partial charge in [0.2, 0.25) is 0 Å². The van der Waals surface area contributed by atoms with E-state index in [1.165, 1.54) is 0 Å². The summed E-state index contributed by atoms with van der Waals surface area (Å²) in [6, 6.07) is 0. The Hall–Kier alpha value is -1.71. The van der Waals surface area contributed by atoms with Gasteiger partial charge in [-0.15, -0.1) is 0 Å². The zero-order chi connectivity index (χ0) is 27.6. The summed E-state index contributed by atoms with van der Waals surface area (Å²) >= 11 is 0. The highest BCUT2D eigenvalue weighted by Crippen LogP contribution is 2.32. The van der Waals surface area contributed by atoms with E-state index in [0.29, 0.717) is 24.8 Å². The fourth-order valence-electron chi connectivity index (χ4n) is 4.98. The summed E-state index contributed by atoms with van der Waals surface area (Å²) in [5.41, 5.74) is 1.69. The van der Waals surface area contributed by atoms with Gasteiger partial charge in [0.25, 0.3) is 0 Å². The van der Waals surface area contributed by atoms with Gasteiger partial charge in [-0.2, -0.15) is 0 Å². The highest BCUT2D eigenvalue weighted by molar-refractivity contribution is 5.91. The van der Waals surface area contributed by atoms with Gasteiger partial charge >= 0.3 is 5.97 Å². The number of rotatable bonds is 7. The zero-order valence-electron chi connectivity index (χ0n) is 21.6. The normalized spacial score (nSPS) is 43.2. The Morgan fingerprint density at radius 1 is 1.05 bits per heavy atom. The number of aliphatic hydroxyl groups is 6. The molecule has 6 N–H and O–H groups in total. The van der Waals surface area contributed by atoms with E-state index in [4.69, 9.17) is 23.7 Å². The van der Waals surface area contributed by atoms with Crippen LogP contribution in [0.4, 0.5) is 0 Å². The lowest BCUT2D eigenvalue weighted by molar-refractivity contribution is -0.307. The van der Waals surface area contributed by atoms with Crippen molar-refractivity contribution in [3.05, 3.63) is 34.4 Å². The van der Waals surface area contributed by atoms with Crippen molar-refractivity contribution in [1.82, 2.24) is 0 Å². The highest BCUT2D eigenvalue weighted by atomic mass is 16.7. The molecule has 2 saturated heterocycles. The molecule has 0 unspecified atom stereocenters. The average Bonchev–Trinajstić information content (AvgIpc) is 3.33. The number of aliphatic hydroxyl groups excluding tert-OH is 5. The number of allylic oxidation sites excluding steroid dienone is 2. The Morgan fingerprint density at radius 2 is 1.82 bits per heavy atom. The first-order valence-electron chi connectivity index (χ1n) is 12.8. The van der Waals surface area contributed by atoms with Crippen LogP contribution in [0.5, 0.6) is 0 Å². The van der Waals surface area contributed by atoms with E-state index < -0.39 is 55.3 Å². The third kappa shape index (κ3) is 6.20. The number of carbonyl (C=O) groups excluding carboxylic acids is 1. The maximum Gasteiger partial charge on any atom is 0.334 e. The third-order valence-electron chi connectivity index (χ3n) is 7.61. The Labute approximate surface area is 220 Å². The van der Waals surface area contributed by atoms with Crippen molar-refractivity contribution >= 4 is 5.97 Å². The largest absolute Gasteiger partial charge is 0.454 e. The Morgan fingerprint density at radius 3 is 2.53 bits per heavy atom. The molecule has 38 heavy (non-hydrogen) atoms. The van der Waals surface area contributed by atoms with Crippen LogP contribution in [0.1, 0.15) is 39.5 Å². The van der Waals surface area contributed by atoms with E-state index in [1.807, 2.05) is 13.0 Å². The van der Waals surface area contributed by atoms with Gasteiger partial charge in [-0.25, -0.2) is 4.79 Å². The first-order chi connectivity index (χ1) is 18.0. The molecule has 4 aliphatic rings. The molecular formula is C26H38O12. The summed E-state index contributed by atoms with van der Waals surface area (Å²) < 4.78 is 27.7. The van der Waals surface area contributed by atoms with Crippen LogP contribution in [0, 0.1) is 0 Å². The number of fused-ring (bicyclic) bond motifs is 1. The minimum atomic E-state index is -1.87. The summed E-state index contributed by atoms with van der Waals surface area (Å²) in [4.78, 5) is 12.1. The minimum Gasteiger partial charge on any atom is -0.454 e. The SMILES string of the molecule is CC1=C2C/C=C(\CO[C@@H]3O[C@H](CO[C@@H]4OC[C@@](O)(CO)[C@@H]4O)[C@@H](O)[C@H](O)[C@@H]3O)CC/C=C(\C)C[C@@H]2OC1=O. The molecule has 0 spiro atoms. The second-order valence-electron chi connectivity index (χ2n) is 10.4. The second kappa shape index (κ2) is 12.2. The fraction of sp³-hybridized carbons (Fsp3) is 0.731. The topological polar surface area (TPSA) is 185 Å². The number of esters is 1. The van der Waals surface area contributed by atoms with Crippen LogP contribution in [-0.4, -0.2) is 118 Å². The van der Waals surface area contributed by atoms with Crippen LogP contribution < -0.4 is 0 Å². The molecule has 12 nitrogen and oxygen atoms in total. The van der Waals surface area contributed by atoms with Crippen molar-refractivity contribution in [2.24, 2.45) is 0 Å². The average molecular weight is 543 g/mol. The lowest BCUT2D eigenvalue weighted by Gasteiger charge is -2.40. The van der Waals surface area contributed by atoms with Crippen molar-refractivity contribution in [1.29, 1.82) is 0 Å². The van der Waals surface area contributed by atoms with Gasteiger partial charge in [0.05, 0.1) is 26.4 Å². The Kier molecular flexibility index (Phi) is 9.41. The second-order valence-corrected chi connectivity index (χ2v) is 10.4. The minimum absolute atomic E-state index is 0.0742. The molecule has 0 aromatic rings. The van der Waals surface area contributed by atoms with Crippen molar-refractivity contribution in [3.63, 3.8) is 0 Å². The van der Waals surface area contributed by atoms with Crippen LogP contribution in [-0.2, 0) is 28.5 Å². The molecule has 3 aliphatic heterocycles. The molecule has 1 aliphatic carbocycles. The van der Waals surface area contributed by atoms with Gasteiger partial charge in [-0.3, -0.25) is 0 Å². The van der Waals surface area contributed by atoms with Crippen molar-refractivity contribution < 1.29 is 59.1 Å². The van der Waals surface area contributed by atoms with Crippen LogP contribution in [0.3, 0.4) is 0 Å². The molecule has 4 rings (SSSR count). The molecule has 0 amide bonds. The fourth-order valence-corrected chi connectivity index (χ4v) is 4.98. The quantitative estimate of drug-likeness (QED) is 0.170. The maximum atomic E-state index is 12.1. The van der Waals surface area contributed by atoms with Gasteiger partial charge in [0.1, 0.15) is 42.2 Å². The number of carbonyl (C=O) groups is 1. The predicted molar refractivity (Wildman–Crippen MR) is 129 cm³/mol. The van der Waals surface area contributed by atoms with E-state index in [0.717, 1.165) is 23.1 Å². The lowest BCUT2D eigenvalue weighted by Crippen LogP contribution is -2.59. The van der Waals surface area contributed by atoms with Gasteiger partial charge < -0.3 is 54.3 Å². The molecule has 0 saturated carbocycles. The third-order valence-corrected chi connectivity index (χ3v) is 7.61. The first kappa shape index (κ1) is 29.3. The van der Waals surface area contributed by atoms with Crippen molar-refractivity contribution in [2.75, 3.05) is 26.4 Å². The predicted octanol–water partition coefficient (Wildman–Crippen LogP) is -1.04. The van der Waals surface area contributed by atoms with E-state index in [9.17, 15) is 35.4 Å². The molecule has 2 fully saturated rings. The molecular weight excluding hydrogens is 504 g/mol. The van der Waals surface area contributed by atoms with Gasteiger partial charge in [0, 0.05) is 12.0 Å². The summed E-state index contributed by atoms with van der Waals surface area (Å²) in [5.74, 6) is -0.306. The number of ether oxygens (including phenoxy) is 5. The Bertz CT molecular complexity index is 960. The van der Waals surface area contributed by atoms with Crippen LogP contribution in [0.25, 0.3) is 0 Å². The molecule has 0 radical (unpaired) electrons. The molecule has 0 aromatic heterocycles. The van der Waals surface area contributed by atoms with Crippen LogP contribution in [0.2, 0.25) is 0 Å². The van der Waals surface area contributed by atoms with Crippen LogP contribution >= 0.6 is 0 Å². The van der Waals surface area contributed by atoms with Gasteiger partial charge in [-0.1, -0.05) is 17.7 Å². The maximum absolute atomic E-state index is 12.1. The van der Waals surface area contributed by atoms with E-state index in [1.54, 1.807) is 6.92 Å². The molecule has 12 heteroatoms. The first-order valence-corrected chi connectivity index (χ1v) is 12.8. The molecule has 214 valence electrons. The number of hydrogen-bond acceptors (Lipinski definition) is 12. The number of hydrogen-bond donors (Lipinski definition) is 6. The standard InChI is InChI=1S/C26H38O12/c1-13-4-3-5-15(6-7-16-14(2)23(32)37-17(16)8-13)9-34-24-21(30)20(29)19(28)18(38-24)10-35-25-22(31)26(33,11-27)12-36-25/h4,6,17-22,24-25,27-31,33H,3,5,7-12H2,1-2H3/b13-4+,15-6-/t17-,18+,19+,20-,21-,22+,24+,25+,26-/m0/s1. The highest BCUT2D eigenvalue weighted by Gasteiger charge is 2.50. The monoisotopic (exact) mass is 542 g/mol. The van der Waals surface area contributed by atoms with Crippen molar-refractivity contribution in [3.8, 4) is 0 Å². The summed E-state index contributed by atoms with van der Waals surface area (Å²) in [7, 11) is 0. The summed E-state index contributed by atoms with van der Waals surface area (Å²) in [6.45, 7) is 2.39. The van der Waals surface area contributed by atoms with Crippen molar-refractivity contribution in [2.45, 2.75) is 94.3 Å². The summed E-state index contributed by atoms with van der Waals surface area (Å²) in [5, 5.41) is 60.7.